The van der Waals surface area contributed by atoms with E-state index in [1.807, 2.05) is 0 Å². The standard InChI is InChI=1S/C17H18N4O2/c1-3-14(22)21(2)13-6-4-12(5-7-13)15(23)20-17(8-9-17)16-18-10-11-19-16/h3-7,10-11H,1,8-9H2,2H3,(H,18,19)(H,20,23). The third-order valence-electron chi connectivity index (χ3n) is 4.08. The van der Waals surface area contributed by atoms with Crippen LogP contribution in [0.3, 0.4) is 0 Å². The number of H-pyrrole nitrogens is 1. The van der Waals surface area contributed by atoms with Crippen LogP contribution in [0.25, 0.3) is 0 Å². The van der Waals surface area contributed by atoms with Crippen LogP contribution in [0, 0.1) is 0 Å². The van der Waals surface area contributed by atoms with E-state index >= 15 is 0 Å². The molecule has 1 aromatic carbocycles. The van der Waals surface area contributed by atoms with Gasteiger partial charge in [-0.1, -0.05) is 6.58 Å². The second-order valence-electron chi connectivity index (χ2n) is 5.62. The molecule has 23 heavy (non-hydrogen) atoms. The van der Waals surface area contributed by atoms with E-state index < -0.39 is 0 Å². The molecule has 0 saturated heterocycles. The molecule has 0 aliphatic heterocycles. The normalized spacial score (nSPS) is 14.8. The number of rotatable bonds is 5. The van der Waals surface area contributed by atoms with Crippen LogP contribution < -0.4 is 10.2 Å². The molecule has 6 heteroatoms. The predicted molar refractivity (Wildman–Crippen MR) is 87.0 cm³/mol. The molecule has 1 fully saturated rings. The van der Waals surface area contributed by atoms with Gasteiger partial charge in [-0.25, -0.2) is 4.98 Å². The zero-order valence-corrected chi connectivity index (χ0v) is 12.9. The summed E-state index contributed by atoms with van der Waals surface area (Å²) >= 11 is 0. The minimum absolute atomic E-state index is 0.150. The smallest absolute Gasteiger partial charge is 0.252 e. The third-order valence-corrected chi connectivity index (χ3v) is 4.08. The van der Waals surface area contributed by atoms with Crippen molar-refractivity contribution in [3.8, 4) is 0 Å². The molecular weight excluding hydrogens is 292 g/mol. The van der Waals surface area contributed by atoms with Crippen molar-refractivity contribution in [2.24, 2.45) is 0 Å². The van der Waals surface area contributed by atoms with Crippen molar-refractivity contribution in [1.29, 1.82) is 0 Å². The number of imidazole rings is 1. The van der Waals surface area contributed by atoms with E-state index in [1.165, 1.54) is 11.0 Å². The quantitative estimate of drug-likeness (QED) is 0.829. The van der Waals surface area contributed by atoms with Crippen LogP contribution in [0.15, 0.2) is 49.3 Å². The summed E-state index contributed by atoms with van der Waals surface area (Å²) in [5, 5.41) is 3.04. The first-order valence-corrected chi connectivity index (χ1v) is 7.38. The molecule has 1 saturated carbocycles. The number of carbonyl (C=O) groups is 2. The Labute approximate surface area is 134 Å². The molecule has 2 N–H and O–H groups in total. The number of likely N-dealkylation sites (N-methyl/N-ethyl adjacent to an activating group) is 1. The summed E-state index contributed by atoms with van der Waals surface area (Å²) in [6.45, 7) is 3.46. The van der Waals surface area contributed by atoms with Gasteiger partial charge in [0.25, 0.3) is 5.91 Å². The molecule has 0 unspecified atom stereocenters. The molecule has 1 aliphatic carbocycles. The Kier molecular flexibility index (Phi) is 3.73. The summed E-state index contributed by atoms with van der Waals surface area (Å²) in [5.41, 5.74) is 0.888. The minimum atomic E-state index is -0.366. The summed E-state index contributed by atoms with van der Waals surface area (Å²) in [7, 11) is 1.66. The predicted octanol–water partition coefficient (Wildman–Crippen LogP) is 1.98. The molecule has 3 rings (SSSR count). The lowest BCUT2D eigenvalue weighted by Crippen LogP contribution is -2.35. The van der Waals surface area contributed by atoms with Gasteiger partial charge in [-0.2, -0.15) is 0 Å². The fourth-order valence-corrected chi connectivity index (χ4v) is 2.46. The van der Waals surface area contributed by atoms with Crippen molar-refractivity contribution in [3.63, 3.8) is 0 Å². The number of hydrogen-bond acceptors (Lipinski definition) is 3. The van der Waals surface area contributed by atoms with E-state index in [0.29, 0.717) is 11.3 Å². The summed E-state index contributed by atoms with van der Waals surface area (Å²) in [4.78, 5) is 32.8. The number of anilines is 1. The van der Waals surface area contributed by atoms with Gasteiger partial charge in [-0.3, -0.25) is 9.59 Å². The van der Waals surface area contributed by atoms with Crippen LogP contribution in [-0.4, -0.2) is 28.8 Å². The highest BCUT2D eigenvalue weighted by molar-refractivity contribution is 6.01. The lowest BCUT2D eigenvalue weighted by Gasteiger charge is -2.17. The lowest BCUT2D eigenvalue weighted by atomic mass is 10.1. The molecule has 0 radical (unpaired) electrons. The lowest BCUT2D eigenvalue weighted by molar-refractivity contribution is -0.113. The highest BCUT2D eigenvalue weighted by atomic mass is 16.2. The van der Waals surface area contributed by atoms with Crippen LogP contribution in [0.5, 0.6) is 0 Å². The first-order chi connectivity index (χ1) is 11.1. The van der Waals surface area contributed by atoms with Crippen LogP contribution in [0.4, 0.5) is 5.69 Å². The molecule has 0 atom stereocenters. The van der Waals surface area contributed by atoms with E-state index in [9.17, 15) is 9.59 Å². The van der Waals surface area contributed by atoms with Crippen LogP contribution in [0.2, 0.25) is 0 Å². The molecule has 1 aliphatic rings. The van der Waals surface area contributed by atoms with Crippen LogP contribution in [-0.2, 0) is 10.3 Å². The van der Waals surface area contributed by atoms with Gasteiger partial charge in [-0.05, 0) is 43.2 Å². The Morgan fingerprint density at radius 2 is 2.04 bits per heavy atom. The number of nitrogens with one attached hydrogen (secondary N) is 2. The van der Waals surface area contributed by atoms with Crippen molar-refractivity contribution < 1.29 is 9.59 Å². The van der Waals surface area contributed by atoms with Gasteiger partial charge in [0.05, 0.1) is 5.54 Å². The molecule has 6 nitrogen and oxygen atoms in total. The van der Waals surface area contributed by atoms with Crippen molar-refractivity contribution >= 4 is 17.5 Å². The Morgan fingerprint density at radius 3 is 2.57 bits per heavy atom. The molecule has 2 aromatic rings. The number of aromatic amines is 1. The molecule has 2 amide bonds. The number of benzene rings is 1. The van der Waals surface area contributed by atoms with Gasteiger partial charge in [-0.15, -0.1) is 0 Å². The zero-order chi connectivity index (χ0) is 16.4. The first kappa shape index (κ1) is 15.0. The maximum atomic E-state index is 12.4. The largest absolute Gasteiger partial charge is 0.347 e. The molecule has 1 heterocycles. The fraction of sp³-hybridized carbons (Fsp3) is 0.235. The Hall–Kier alpha value is -2.89. The Balaban J connectivity index is 1.71. The van der Waals surface area contributed by atoms with E-state index in [0.717, 1.165) is 18.7 Å². The maximum Gasteiger partial charge on any atom is 0.252 e. The van der Waals surface area contributed by atoms with Crippen molar-refractivity contribution in [2.75, 3.05) is 11.9 Å². The van der Waals surface area contributed by atoms with E-state index in [4.69, 9.17) is 0 Å². The molecular formula is C17H18N4O2. The average Bonchev–Trinajstić information content (AvgIpc) is 3.13. The number of hydrogen-bond donors (Lipinski definition) is 2. The number of amides is 2. The van der Waals surface area contributed by atoms with E-state index in [1.54, 1.807) is 43.7 Å². The highest BCUT2D eigenvalue weighted by Crippen LogP contribution is 2.43. The molecule has 1 aromatic heterocycles. The summed E-state index contributed by atoms with van der Waals surface area (Å²) < 4.78 is 0. The number of carbonyl (C=O) groups excluding carboxylic acids is 2. The van der Waals surface area contributed by atoms with Gasteiger partial charge in [0, 0.05) is 30.7 Å². The molecule has 0 bridgehead atoms. The van der Waals surface area contributed by atoms with E-state index in [2.05, 4.69) is 21.9 Å². The van der Waals surface area contributed by atoms with Crippen molar-refractivity contribution in [2.45, 2.75) is 18.4 Å². The van der Waals surface area contributed by atoms with Gasteiger partial charge >= 0.3 is 0 Å². The highest BCUT2D eigenvalue weighted by Gasteiger charge is 2.48. The summed E-state index contributed by atoms with van der Waals surface area (Å²) in [5.74, 6) is 0.443. The van der Waals surface area contributed by atoms with Crippen molar-refractivity contribution in [1.82, 2.24) is 15.3 Å². The SMILES string of the molecule is C=CC(=O)N(C)c1ccc(C(=O)NC2(c3ncc[nH]3)CC2)cc1. The Bertz CT molecular complexity index is 730. The topological polar surface area (TPSA) is 78.1 Å². The molecule has 118 valence electrons. The number of aromatic nitrogens is 2. The first-order valence-electron chi connectivity index (χ1n) is 7.38. The van der Waals surface area contributed by atoms with Crippen LogP contribution >= 0.6 is 0 Å². The maximum absolute atomic E-state index is 12.4. The van der Waals surface area contributed by atoms with Crippen LogP contribution in [0.1, 0.15) is 29.0 Å². The zero-order valence-electron chi connectivity index (χ0n) is 12.9. The van der Waals surface area contributed by atoms with Gasteiger partial charge in [0.1, 0.15) is 5.82 Å². The fourth-order valence-electron chi connectivity index (χ4n) is 2.46. The summed E-state index contributed by atoms with van der Waals surface area (Å²) in [6, 6.07) is 6.89. The second kappa shape index (κ2) is 5.72. The monoisotopic (exact) mass is 310 g/mol. The van der Waals surface area contributed by atoms with Gasteiger partial charge in [0.2, 0.25) is 5.91 Å². The second-order valence-corrected chi connectivity index (χ2v) is 5.62. The summed E-state index contributed by atoms with van der Waals surface area (Å²) in [6.07, 6.45) is 6.44. The Morgan fingerprint density at radius 1 is 1.35 bits per heavy atom. The minimum Gasteiger partial charge on any atom is -0.347 e. The van der Waals surface area contributed by atoms with E-state index in [-0.39, 0.29) is 17.4 Å². The van der Waals surface area contributed by atoms with Gasteiger partial charge in [0.15, 0.2) is 0 Å². The average molecular weight is 310 g/mol. The number of nitrogens with zero attached hydrogens (tertiary/aromatic N) is 2. The third kappa shape index (κ3) is 2.88. The van der Waals surface area contributed by atoms with Gasteiger partial charge < -0.3 is 15.2 Å². The molecule has 0 spiro atoms. The van der Waals surface area contributed by atoms with Crippen molar-refractivity contribution in [3.05, 3.63) is 60.7 Å².